The number of nitrogens with zero attached hydrogens (tertiary/aromatic N) is 3. The third kappa shape index (κ3) is 2.58. The van der Waals surface area contributed by atoms with Crippen LogP contribution >= 0.6 is 11.3 Å². The molecule has 3 aromatic rings. The van der Waals surface area contributed by atoms with Crippen molar-refractivity contribution in [1.82, 2.24) is 14.8 Å². The lowest BCUT2D eigenvalue weighted by Gasteiger charge is -2.02. The van der Waals surface area contributed by atoms with E-state index in [2.05, 4.69) is 39.8 Å². The Morgan fingerprint density at radius 2 is 2.10 bits per heavy atom. The topological polar surface area (TPSA) is 42.7 Å². The second-order valence-electron chi connectivity index (χ2n) is 4.83. The van der Waals surface area contributed by atoms with Gasteiger partial charge in [-0.15, -0.1) is 11.3 Å². The smallest absolute Gasteiger partial charge is 0.187 e. The van der Waals surface area contributed by atoms with E-state index in [0.717, 1.165) is 27.8 Å². The standard InChI is InChI=1S/C15H16N4S/c1-10-5-4-6-12(7-10)16-15-17-14(9-20-15)13-8-19(3)18-11(13)2/h4-9H,1-3H3,(H,16,17). The first-order chi connectivity index (χ1) is 9.61. The van der Waals surface area contributed by atoms with E-state index in [1.165, 1.54) is 5.56 Å². The summed E-state index contributed by atoms with van der Waals surface area (Å²) in [5, 5.41) is 10.6. The van der Waals surface area contributed by atoms with Crippen LogP contribution in [0.15, 0.2) is 35.8 Å². The van der Waals surface area contributed by atoms with E-state index in [-0.39, 0.29) is 0 Å². The number of aromatic nitrogens is 3. The Bertz CT molecular complexity index is 742. The van der Waals surface area contributed by atoms with Gasteiger partial charge < -0.3 is 5.32 Å². The first kappa shape index (κ1) is 12.9. The lowest BCUT2D eigenvalue weighted by atomic mass is 10.2. The van der Waals surface area contributed by atoms with Gasteiger partial charge in [0.25, 0.3) is 0 Å². The molecule has 2 heterocycles. The number of benzene rings is 1. The molecule has 0 amide bonds. The SMILES string of the molecule is Cc1cccc(Nc2nc(-c3cn(C)nc3C)cs2)c1. The van der Waals surface area contributed by atoms with Crippen molar-refractivity contribution in [2.75, 3.05) is 5.32 Å². The predicted octanol–water partition coefficient (Wildman–Crippen LogP) is 3.90. The summed E-state index contributed by atoms with van der Waals surface area (Å²) in [6.45, 7) is 4.08. The third-order valence-electron chi connectivity index (χ3n) is 3.06. The van der Waals surface area contributed by atoms with Gasteiger partial charge in [0.05, 0.1) is 11.4 Å². The molecule has 0 aliphatic carbocycles. The third-order valence-corrected chi connectivity index (χ3v) is 3.82. The predicted molar refractivity (Wildman–Crippen MR) is 83.5 cm³/mol. The van der Waals surface area contributed by atoms with E-state index in [1.807, 2.05) is 37.0 Å². The molecule has 4 nitrogen and oxygen atoms in total. The minimum atomic E-state index is 0.897. The monoisotopic (exact) mass is 284 g/mol. The zero-order valence-electron chi connectivity index (χ0n) is 11.7. The van der Waals surface area contributed by atoms with Crippen molar-refractivity contribution in [3.05, 3.63) is 47.1 Å². The molecule has 0 bridgehead atoms. The van der Waals surface area contributed by atoms with Crippen LogP contribution in [0.5, 0.6) is 0 Å². The van der Waals surface area contributed by atoms with Crippen LogP contribution < -0.4 is 5.32 Å². The van der Waals surface area contributed by atoms with Crippen LogP contribution in [0.2, 0.25) is 0 Å². The second-order valence-corrected chi connectivity index (χ2v) is 5.69. The Morgan fingerprint density at radius 1 is 1.25 bits per heavy atom. The van der Waals surface area contributed by atoms with E-state index in [0.29, 0.717) is 0 Å². The van der Waals surface area contributed by atoms with Gasteiger partial charge in [-0.2, -0.15) is 5.10 Å². The average molecular weight is 284 g/mol. The molecule has 20 heavy (non-hydrogen) atoms. The average Bonchev–Trinajstić information content (AvgIpc) is 2.96. The van der Waals surface area contributed by atoms with Crippen molar-refractivity contribution in [2.45, 2.75) is 13.8 Å². The van der Waals surface area contributed by atoms with Crippen molar-refractivity contribution in [1.29, 1.82) is 0 Å². The van der Waals surface area contributed by atoms with Crippen LogP contribution in [0.3, 0.4) is 0 Å². The molecule has 0 aliphatic heterocycles. The number of nitrogens with one attached hydrogen (secondary N) is 1. The van der Waals surface area contributed by atoms with Crippen LogP contribution in [-0.4, -0.2) is 14.8 Å². The van der Waals surface area contributed by atoms with Crippen molar-refractivity contribution >= 4 is 22.2 Å². The Labute approximate surface area is 122 Å². The maximum absolute atomic E-state index is 4.63. The fourth-order valence-electron chi connectivity index (χ4n) is 2.15. The van der Waals surface area contributed by atoms with Gasteiger partial charge in [0, 0.05) is 29.9 Å². The highest BCUT2D eigenvalue weighted by atomic mass is 32.1. The van der Waals surface area contributed by atoms with Gasteiger partial charge in [-0.3, -0.25) is 4.68 Å². The van der Waals surface area contributed by atoms with Crippen molar-refractivity contribution in [3.63, 3.8) is 0 Å². The van der Waals surface area contributed by atoms with E-state index in [1.54, 1.807) is 11.3 Å². The summed E-state index contributed by atoms with van der Waals surface area (Å²) in [5.74, 6) is 0. The summed E-state index contributed by atoms with van der Waals surface area (Å²) in [4.78, 5) is 4.63. The zero-order chi connectivity index (χ0) is 14.1. The first-order valence-corrected chi connectivity index (χ1v) is 7.29. The highest BCUT2D eigenvalue weighted by Crippen LogP contribution is 2.28. The molecule has 102 valence electrons. The van der Waals surface area contributed by atoms with Gasteiger partial charge in [-0.05, 0) is 31.5 Å². The minimum absolute atomic E-state index is 0.897. The highest BCUT2D eigenvalue weighted by molar-refractivity contribution is 7.14. The molecule has 0 radical (unpaired) electrons. The quantitative estimate of drug-likeness (QED) is 0.793. The number of rotatable bonds is 3. The molecule has 0 saturated carbocycles. The van der Waals surface area contributed by atoms with Crippen molar-refractivity contribution in [3.8, 4) is 11.3 Å². The van der Waals surface area contributed by atoms with Gasteiger partial charge in [0.1, 0.15) is 0 Å². The maximum atomic E-state index is 4.63. The van der Waals surface area contributed by atoms with Crippen LogP contribution in [-0.2, 0) is 7.05 Å². The van der Waals surface area contributed by atoms with Crippen molar-refractivity contribution in [2.24, 2.45) is 7.05 Å². The van der Waals surface area contributed by atoms with E-state index >= 15 is 0 Å². The fraction of sp³-hybridized carbons (Fsp3) is 0.200. The van der Waals surface area contributed by atoms with Crippen LogP contribution in [0.4, 0.5) is 10.8 Å². The molecule has 0 aliphatic rings. The minimum Gasteiger partial charge on any atom is -0.332 e. The number of aryl methyl sites for hydroxylation is 3. The number of thiazole rings is 1. The summed E-state index contributed by atoms with van der Waals surface area (Å²) in [5.41, 5.74) is 5.35. The lowest BCUT2D eigenvalue weighted by Crippen LogP contribution is -1.90. The number of hydrogen-bond donors (Lipinski definition) is 1. The van der Waals surface area contributed by atoms with E-state index in [9.17, 15) is 0 Å². The summed E-state index contributed by atoms with van der Waals surface area (Å²) in [6, 6.07) is 8.27. The molecule has 0 unspecified atom stereocenters. The molecule has 1 N–H and O–H groups in total. The lowest BCUT2D eigenvalue weighted by molar-refractivity contribution is 0.756. The highest BCUT2D eigenvalue weighted by Gasteiger charge is 2.10. The molecule has 1 aromatic carbocycles. The summed E-state index contributed by atoms with van der Waals surface area (Å²) in [6.07, 6.45) is 2.00. The summed E-state index contributed by atoms with van der Waals surface area (Å²) in [7, 11) is 1.93. The van der Waals surface area contributed by atoms with Crippen molar-refractivity contribution < 1.29 is 0 Å². The molecular formula is C15H16N4S. The van der Waals surface area contributed by atoms with Gasteiger partial charge in [-0.1, -0.05) is 12.1 Å². The zero-order valence-corrected chi connectivity index (χ0v) is 12.5. The fourth-order valence-corrected chi connectivity index (χ4v) is 2.88. The Balaban J connectivity index is 1.85. The molecule has 2 aromatic heterocycles. The maximum Gasteiger partial charge on any atom is 0.187 e. The van der Waals surface area contributed by atoms with E-state index in [4.69, 9.17) is 0 Å². The Morgan fingerprint density at radius 3 is 2.80 bits per heavy atom. The van der Waals surface area contributed by atoms with E-state index < -0.39 is 0 Å². The van der Waals surface area contributed by atoms with Gasteiger partial charge in [0.2, 0.25) is 0 Å². The normalized spacial score (nSPS) is 10.8. The molecule has 0 saturated heterocycles. The molecule has 5 heteroatoms. The molecule has 0 atom stereocenters. The second kappa shape index (κ2) is 5.09. The number of anilines is 2. The Hall–Kier alpha value is -2.14. The van der Waals surface area contributed by atoms with Gasteiger partial charge in [-0.25, -0.2) is 4.98 Å². The first-order valence-electron chi connectivity index (χ1n) is 6.41. The molecule has 0 fully saturated rings. The van der Waals surface area contributed by atoms with Crippen LogP contribution in [0.25, 0.3) is 11.3 Å². The largest absolute Gasteiger partial charge is 0.332 e. The van der Waals surface area contributed by atoms with Crippen LogP contribution in [0.1, 0.15) is 11.3 Å². The molecule has 3 rings (SSSR count). The number of hydrogen-bond acceptors (Lipinski definition) is 4. The Kier molecular flexibility index (Phi) is 3.28. The van der Waals surface area contributed by atoms with Gasteiger partial charge >= 0.3 is 0 Å². The summed E-state index contributed by atoms with van der Waals surface area (Å²) >= 11 is 1.60. The summed E-state index contributed by atoms with van der Waals surface area (Å²) < 4.78 is 1.82. The van der Waals surface area contributed by atoms with Crippen LogP contribution in [0, 0.1) is 13.8 Å². The molecule has 0 spiro atoms. The van der Waals surface area contributed by atoms with Gasteiger partial charge in [0.15, 0.2) is 5.13 Å². The molecular weight excluding hydrogens is 268 g/mol.